The van der Waals surface area contributed by atoms with E-state index in [0.29, 0.717) is 11.3 Å². The van der Waals surface area contributed by atoms with E-state index in [1.807, 2.05) is 0 Å². The van der Waals surface area contributed by atoms with Crippen LogP contribution in [-0.2, 0) is 0 Å². The first kappa shape index (κ1) is 11.6. The van der Waals surface area contributed by atoms with E-state index >= 15 is 0 Å². The maximum Gasteiger partial charge on any atom is 0.279 e. The Bertz CT molecular complexity index is 429. The predicted octanol–water partition coefficient (Wildman–Crippen LogP) is 3.58. The number of nitrogens with one attached hydrogen (secondary N) is 1. The van der Waals surface area contributed by atoms with Crippen LogP contribution < -0.4 is 5.32 Å². The number of thioether (sulfide) groups is 1. The van der Waals surface area contributed by atoms with Gasteiger partial charge in [0.25, 0.3) is 5.24 Å². The molecule has 0 radical (unpaired) electrons. The van der Waals surface area contributed by atoms with E-state index < -0.39 is 0 Å². The summed E-state index contributed by atoms with van der Waals surface area (Å²) in [6, 6.07) is 0.309. The van der Waals surface area contributed by atoms with Gasteiger partial charge >= 0.3 is 0 Å². The second-order valence-corrected chi connectivity index (χ2v) is 7.84. The second kappa shape index (κ2) is 2.76. The number of rotatable bonds is 0. The van der Waals surface area contributed by atoms with E-state index in [9.17, 15) is 4.79 Å². The van der Waals surface area contributed by atoms with Gasteiger partial charge < -0.3 is 5.32 Å². The number of hydrogen-bond donors (Lipinski definition) is 1. The lowest BCUT2D eigenvalue weighted by molar-refractivity contribution is 0.101. The van der Waals surface area contributed by atoms with Crippen LogP contribution in [-0.4, -0.2) is 16.5 Å². The van der Waals surface area contributed by atoms with Crippen LogP contribution in [0.25, 0.3) is 0 Å². The van der Waals surface area contributed by atoms with Gasteiger partial charge in [0.2, 0.25) is 0 Å². The third kappa shape index (κ3) is 0.864. The van der Waals surface area contributed by atoms with Gasteiger partial charge in [-0.2, -0.15) is 0 Å². The topological polar surface area (TPSA) is 29.1 Å². The smallest absolute Gasteiger partial charge is 0.279 e. The van der Waals surface area contributed by atoms with Crippen molar-refractivity contribution in [3.63, 3.8) is 0 Å². The second-order valence-electron chi connectivity index (χ2n) is 6.73. The summed E-state index contributed by atoms with van der Waals surface area (Å²) in [6.45, 7) is 14.0. The lowest BCUT2D eigenvalue weighted by Gasteiger charge is -2.42. The van der Waals surface area contributed by atoms with E-state index in [2.05, 4.69) is 46.9 Å². The third-order valence-corrected chi connectivity index (χ3v) is 8.05. The van der Waals surface area contributed by atoms with Crippen LogP contribution in [0.15, 0.2) is 11.1 Å². The van der Waals surface area contributed by atoms with E-state index in [-0.39, 0.29) is 21.5 Å². The minimum Gasteiger partial charge on any atom is -0.342 e. The lowest BCUT2D eigenvalue weighted by Crippen LogP contribution is -2.46. The number of carbonyl (C=O) groups is 1. The van der Waals surface area contributed by atoms with Crippen LogP contribution >= 0.6 is 11.8 Å². The largest absolute Gasteiger partial charge is 0.342 e. The van der Waals surface area contributed by atoms with Crippen molar-refractivity contribution >= 4 is 17.0 Å². The van der Waals surface area contributed by atoms with Crippen molar-refractivity contribution in [3.8, 4) is 0 Å². The highest BCUT2D eigenvalue weighted by molar-refractivity contribution is 8.14. The summed E-state index contributed by atoms with van der Waals surface area (Å²) < 4.78 is 0. The molecule has 2 nitrogen and oxygen atoms in total. The molecular formula is C14H21NOS. The maximum atomic E-state index is 11.7. The van der Waals surface area contributed by atoms with Crippen molar-refractivity contribution in [2.45, 2.75) is 52.8 Å². The van der Waals surface area contributed by atoms with Gasteiger partial charge in [-0.15, -0.1) is 0 Å². The monoisotopic (exact) mass is 251 g/mol. The van der Waals surface area contributed by atoms with Crippen molar-refractivity contribution < 1.29 is 4.79 Å². The molecule has 2 unspecified atom stereocenters. The molecule has 17 heavy (non-hydrogen) atoms. The van der Waals surface area contributed by atoms with Gasteiger partial charge in [-0.25, -0.2) is 0 Å². The summed E-state index contributed by atoms with van der Waals surface area (Å²) in [5.41, 5.74) is 3.46. The standard InChI is InChI=1S/C14H21NOS/c1-7-8(2)14(6)10-9(15-11(16)17-10)13(7,5)12(14,3)4/h9-10H,1-6H3,(H,15,16)/t9-,10+,13?,14?/m0/s1. The van der Waals surface area contributed by atoms with Crippen molar-refractivity contribution in [3.05, 3.63) is 11.1 Å². The molecule has 2 bridgehead atoms. The van der Waals surface area contributed by atoms with Crippen molar-refractivity contribution in [1.82, 2.24) is 5.32 Å². The molecular weight excluding hydrogens is 230 g/mol. The minimum absolute atomic E-state index is 0.107. The average Bonchev–Trinajstić information content (AvgIpc) is 2.72. The third-order valence-electron chi connectivity index (χ3n) is 6.72. The molecule has 2 fully saturated rings. The SMILES string of the molecule is CC1=C(C)C2(C)[C@H]3NC(=O)S[C@H]3C1(C)C2(C)C. The number of amides is 1. The van der Waals surface area contributed by atoms with Gasteiger partial charge in [0.15, 0.2) is 0 Å². The number of allylic oxidation sites excluding steroid dienone is 1. The summed E-state index contributed by atoms with van der Waals surface area (Å²) in [4.78, 5) is 11.7. The molecule has 0 aromatic rings. The Balaban J connectivity index is 2.28. The zero-order chi connectivity index (χ0) is 12.8. The molecule has 3 aliphatic rings. The lowest BCUT2D eigenvalue weighted by atomic mass is 9.62. The first-order valence-electron chi connectivity index (χ1n) is 6.34. The minimum atomic E-state index is 0.107. The molecule has 0 spiro atoms. The Morgan fingerprint density at radius 3 is 2.18 bits per heavy atom. The van der Waals surface area contributed by atoms with Crippen LogP contribution in [0.3, 0.4) is 0 Å². The van der Waals surface area contributed by atoms with Crippen LogP contribution in [0.5, 0.6) is 0 Å². The van der Waals surface area contributed by atoms with E-state index in [1.54, 1.807) is 0 Å². The summed E-state index contributed by atoms with van der Waals surface area (Å²) in [7, 11) is 0. The highest BCUT2D eigenvalue weighted by Crippen LogP contribution is 2.76. The summed E-state index contributed by atoms with van der Waals surface area (Å²) in [6.07, 6.45) is 0. The van der Waals surface area contributed by atoms with E-state index in [0.717, 1.165) is 0 Å². The molecule has 0 aromatic heterocycles. The van der Waals surface area contributed by atoms with Crippen LogP contribution in [0, 0.1) is 16.2 Å². The van der Waals surface area contributed by atoms with Crippen LogP contribution in [0.4, 0.5) is 4.79 Å². The number of hydrogen-bond acceptors (Lipinski definition) is 2. The van der Waals surface area contributed by atoms with Crippen molar-refractivity contribution in [1.29, 1.82) is 0 Å². The highest BCUT2D eigenvalue weighted by Gasteiger charge is 2.75. The van der Waals surface area contributed by atoms with Gasteiger partial charge in [0.05, 0.1) is 6.04 Å². The van der Waals surface area contributed by atoms with Crippen LogP contribution in [0.1, 0.15) is 41.5 Å². The highest BCUT2D eigenvalue weighted by atomic mass is 32.2. The number of carbonyl (C=O) groups excluding carboxylic acids is 1. The molecule has 1 heterocycles. The first-order valence-corrected chi connectivity index (χ1v) is 7.22. The Hall–Kier alpha value is -0.440. The molecule has 3 heteroatoms. The van der Waals surface area contributed by atoms with Gasteiger partial charge in [-0.1, -0.05) is 50.6 Å². The van der Waals surface area contributed by atoms with Gasteiger partial charge in [0, 0.05) is 16.1 Å². The van der Waals surface area contributed by atoms with Crippen molar-refractivity contribution in [2.75, 3.05) is 0 Å². The van der Waals surface area contributed by atoms with E-state index in [1.165, 1.54) is 22.9 Å². The average molecular weight is 251 g/mol. The Kier molecular flexibility index (Phi) is 1.89. The quantitative estimate of drug-likeness (QED) is 0.667. The van der Waals surface area contributed by atoms with Crippen LogP contribution in [0.2, 0.25) is 0 Å². The Morgan fingerprint density at radius 2 is 1.59 bits per heavy atom. The fourth-order valence-electron chi connectivity index (χ4n) is 4.77. The summed E-state index contributed by atoms with van der Waals surface area (Å²) >= 11 is 1.52. The van der Waals surface area contributed by atoms with Gasteiger partial charge in [-0.3, -0.25) is 4.79 Å². The zero-order valence-electron chi connectivity index (χ0n) is 11.5. The number of fused-ring (bicyclic) bond motifs is 5. The van der Waals surface area contributed by atoms with Crippen molar-refractivity contribution in [2.24, 2.45) is 16.2 Å². The van der Waals surface area contributed by atoms with E-state index in [4.69, 9.17) is 0 Å². The first-order chi connectivity index (χ1) is 7.69. The molecule has 0 aromatic carbocycles. The fraction of sp³-hybridized carbons (Fsp3) is 0.786. The molecule has 1 amide bonds. The normalized spacial score (nSPS) is 50.8. The molecule has 1 saturated carbocycles. The molecule has 1 aliphatic heterocycles. The summed E-state index contributed by atoms with van der Waals surface area (Å²) in [5.74, 6) is 0. The molecule has 1 N–H and O–H groups in total. The fourth-order valence-corrected chi connectivity index (χ4v) is 6.37. The molecule has 1 saturated heterocycles. The molecule has 94 valence electrons. The molecule has 3 rings (SSSR count). The van der Waals surface area contributed by atoms with Gasteiger partial charge in [-0.05, 0) is 19.3 Å². The molecule has 4 atom stereocenters. The van der Waals surface area contributed by atoms with Gasteiger partial charge in [0.1, 0.15) is 0 Å². The zero-order valence-corrected chi connectivity index (χ0v) is 12.3. The predicted molar refractivity (Wildman–Crippen MR) is 72.1 cm³/mol. The molecule has 2 aliphatic carbocycles. The Labute approximate surface area is 108 Å². The Morgan fingerprint density at radius 1 is 1.06 bits per heavy atom. The summed E-state index contributed by atoms with van der Waals surface area (Å²) in [5, 5.41) is 3.77. The maximum absolute atomic E-state index is 11.7.